The number of fused-ring (bicyclic) bond motifs is 9. The first kappa shape index (κ1) is 33.4. The molecule has 12 rings (SSSR count). The van der Waals surface area contributed by atoms with E-state index in [1.165, 1.54) is 86.2 Å². The van der Waals surface area contributed by atoms with Crippen LogP contribution in [0.1, 0.15) is 55.5 Å². The van der Waals surface area contributed by atoms with Crippen molar-refractivity contribution in [2.24, 2.45) is 0 Å². The van der Waals surface area contributed by atoms with Crippen LogP contribution in [-0.2, 0) is 10.8 Å². The van der Waals surface area contributed by atoms with Gasteiger partial charge in [0.05, 0.1) is 17.3 Å². The zero-order chi connectivity index (χ0) is 39.1. The molecule has 1 aromatic heterocycles. The fraction of sp³-hybridized carbons (Fsp3) is 0.109. The Labute approximate surface area is 342 Å². The number of nitrogens with zero attached hydrogens (tertiary/aromatic N) is 2. The first-order valence-electron chi connectivity index (χ1n) is 20.1. The zero-order valence-electron chi connectivity index (χ0n) is 32.8. The molecule has 10 aromatic rings. The van der Waals surface area contributed by atoms with Crippen molar-refractivity contribution in [3.8, 4) is 39.4 Å². The summed E-state index contributed by atoms with van der Waals surface area (Å²) < 4.78 is 2.58. The smallest absolute Gasteiger partial charge is 0.0992 e. The van der Waals surface area contributed by atoms with E-state index in [0.717, 1.165) is 28.2 Å². The number of nitriles is 1. The summed E-state index contributed by atoms with van der Waals surface area (Å²) in [5, 5.41) is 18.5. The topological polar surface area (TPSA) is 27.0 Å². The molecule has 0 bridgehead atoms. The molecule has 0 saturated carbocycles. The van der Waals surface area contributed by atoms with Crippen LogP contribution < -0.4 is 4.90 Å². The molecule has 0 fully saturated rings. The van der Waals surface area contributed by atoms with Gasteiger partial charge in [0, 0.05) is 47.9 Å². The van der Waals surface area contributed by atoms with Gasteiger partial charge in [-0.15, -0.1) is 11.3 Å². The molecule has 1 heterocycles. The van der Waals surface area contributed by atoms with Gasteiger partial charge in [-0.2, -0.15) is 5.26 Å². The summed E-state index contributed by atoms with van der Waals surface area (Å²) in [5.74, 6) is 0. The van der Waals surface area contributed by atoms with E-state index >= 15 is 0 Å². The largest absolute Gasteiger partial charge is 0.310 e. The third kappa shape index (κ3) is 4.41. The maximum absolute atomic E-state index is 10.7. The Hall–Kier alpha value is -6.73. The number of hydrogen-bond donors (Lipinski definition) is 0. The molecule has 0 spiro atoms. The van der Waals surface area contributed by atoms with Crippen molar-refractivity contribution < 1.29 is 0 Å². The SMILES string of the molecule is CC1(C)c2ccccc2-c2ccc(N(c3cc(C#N)cc(-c4cc5sc6cccc7c8ccccc8c(c4)c5c67)c3)c3cccc4c3-c3ccccc3C4(C)C)cc21. The number of benzene rings is 9. The normalized spacial score (nSPS) is 14.5. The molecular formula is C55H38N2S. The minimum atomic E-state index is -0.169. The fourth-order valence-corrected chi connectivity index (χ4v) is 11.9. The lowest BCUT2D eigenvalue weighted by atomic mass is 9.82. The van der Waals surface area contributed by atoms with Gasteiger partial charge in [0.1, 0.15) is 0 Å². The lowest BCUT2D eigenvalue weighted by molar-refractivity contribution is 0.660. The minimum absolute atomic E-state index is 0.161. The highest BCUT2D eigenvalue weighted by Crippen LogP contribution is 2.56. The van der Waals surface area contributed by atoms with E-state index in [-0.39, 0.29) is 10.8 Å². The Kier molecular flexibility index (Phi) is 6.72. The standard InChI is InChI=1S/C55H38N2S/c1-54(2)45-19-10-8-16-42(45)51-46(54)20-12-21-48(51)57(35-23-24-40-39-15-7-9-18-44(39)55(3,4)47(40)30-35)36-26-32(31-56)25-33(27-36)34-28-43-38-14-6-5-13-37(38)41-17-11-22-49-52(41)53(43)50(29-34)58-49/h5-30H,1-4H3. The Morgan fingerprint density at radius 3 is 1.90 bits per heavy atom. The summed E-state index contributed by atoms with van der Waals surface area (Å²) >= 11 is 1.86. The van der Waals surface area contributed by atoms with Crippen LogP contribution in [0.4, 0.5) is 17.1 Å². The number of rotatable bonds is 4. The van der Waals surface area contributed by atoms with Crippen molar-refractivity contribution in [2.45, 2.75) is 38.5 Å². The van der Waals surface area contributed by atoms with Gasteiger partial charge in [0.25, 0.3) is 0 Å². The molecule has 9 aromatic carbocycles. The maximum Gasteiger partial charge on any atom is 0.0992 e. The lowest BCUT2D eigenvalue weighted by Crippen LogP contribution is -2.17. The van der Waals surface area contributed by atoms with Crippen LogP contribution in [0.15, 0.2) is 158 Å². The van der Waals surface area contributed by atoms with Crippen molar-refractivity contribution in [3.05, 3.63) is 186 Å². The van der Waals surface area contributed by atoms with Crippen molar-refractivity contribution >= 4 is 70.1 Å². The number of hydrogen-bond acceptors (Lipinski definition) is 3. The second-order valence-corrected chi connectivity index (χ2v) is 18.3. The molecule has 274 valence electrons. The van der Waals surface area contributed by atoms with Gasteiger partial charge in [-0.25, -0.2) is 0 Å². The van der Waals surface area contributed by atoms with Crippen molar-refractivity contribution in [1.29, 1.82) is 5.26 Å². The van der Waals surface area contributed by atoms with Crippen LogP contribution in [0.5, 0.6) is 0 Å². The molecular weight excluding hydrogens is 721 g/mol. The molecule has 0 atom stereocenters. The van der Waals surface area contributed by atoms with Gasteiger partial charge < -0.3 is 4.90 Å². The van der Waals surface area contributed by atoms with Crippen molar-refractivity contribution in [3.63, 3.8) is 0 Å². The highest BCUT2D eigenvalue weighted by atomic mass is 32.1. The third-order valence-corrected chi connectivity index (χ3v) is 14.5. The maximum atomic E-state index is 10.7. The molecule has 0 saturated heterocycles. The van der Waals surface area contributed by atoms with Crippen LogP contribution in [0, 0.1) is 11.3 Å². The predicted octanol–water partition coefficient (Wildman–Crippen LogP) is 15.4. The molecule has 3 heteroatoms. The highest BCUT2D eigenvalue weighted by Gasteiger charge is 2.39. The molecule has 2 aliphatic rings. The van der Waals surface area contributed by atoms with Crippen LogP contribution in [0.25, 0.3) is 75.1 Å². The Morgan fingerprint density at radius 1 is 0.466 bits per heavy atom. The predicted molar refractivity (Wildman–Crippen MR) is 245 cm³/mol. The number of anilines is 3. The van der Waals surface area contributed by atoms with Gasteiger partial charge >= 0.3 is 0 Å². The van der Waals surface area contributed by atoms with E-state index < -0.39 is 0 Å². The molecule has 2 nitrogen and oxygen atoms in total. The van der Waals surface area contributed by atoms with Gasteiger partial charge in [0.15, 0.2) is 0 Å². The molecule has 58 heavy (non-hydrogen) atoms. The van der Waals surface area contributed by atoms with E-state index in [1.807, 2.05) is 11.3 Å². The summed E-state index contributed by atoms with van der Waals surface area (Å²) in [4.78, 5) is 2.42. The average molecular weight is 759 g/mol. The van der Waals surface area contributed by atoms with E-state index in [4.69, 9.17) is 0 Å². The van der Waals surface area contributed by atoms with E-state index in [0.29, 0.717) is 5.56 Å². The molecule has 0 aliphatic heterocycles. The second kappa shape index (κ2) is 11.7. The van der Waals surface area contributed by atoms with E-state index in [2.05, 4.69) is 196 Å². The Balaban J connectivity index is 1.13. The van der Waals surface area contributed by atoms with Crippen LogP contribution >= 0.6 is 11.3 Å². The molecule has 2 aliphatic carbocycles. The zero-order valence-corrected chi connectivity index (χ0v) is 33.6. The Morgan fingerprint density at radius 2 is 1.09 bits per heavy atom. The molecule has 0 amide bonds. The Bertz CT molecular complexity index is 3430. The quantitative estimate of drug-likeness (QED) is 0.167. The molecule has 0 unspecified atom stereocenters. The summed E-state index contributed by atoms with van der Waals surface area (Å²) in [6, 6.07) is 60.7. The molecule has 0 radical (unpaired) electrons. The van der Waals surface area contributed by atoms with Gasteiger partial charge in [-0.05, 0) is 126 Å². The first-order valence-corrected chi connectivity index (χ1v) is 21.0. The monoisotopic (exact) mass is 758 g/mol. The van der Waals surface area contributed by atoms with Crippen molar-refractivity contribution in [1.82, 2.24) is 0 Å². The summed E-state index contributed by atoms with van der Waals surface area (Å²) in [6.07, 6.45) is 0. The van der Waals surface area contributed by atoms with Gasteiger partial charge in [-0.1, -0.05) is 131 Å². The van der Waals surface area contributed by atoms with Crippen LogP contribution in [0.3, 0.4) is 0 Å². The van der Waals surface area contributed by atoms with E-state index in [9.17, 15) is 5.26 Å². The summed E-state index contributed by atoms with van der Waals surface area (Å²) in [6.45, 7) is 9.37. The average Bonchev–Trinajstić information content (AvgIpc) is 3.83. The van der Waals surface area contributed by atoms with Crippen LogP contribution in [0.2, 0.25) is 0 Å². The first-order chi connectivity index (χ1) is 28.2. The van der Waals surface area contributed by atoms with Gasteiger partial charge in [0.2, 0.25) is 0 Å². The second-order valence-electron chi connectivity index (χ2n) is 17.2. The summed E-state index contributed by atoms with van der Waals surface area (Å²) in [5.41, 5.74) is 16.0. The summed E-state index contributed by atoms with van der Waals surface area (Å²) in [7, 11) is 0. The number of thiophene rings is 1. The van der Waals surface area contributed by atoms with E-state index in [1.54, 1.807) is 0 Å². The third-order valence-electron chi connectivity index (χ3n) is 13.4. The minimum Gasteiger partial charge on any atom is -0.310 e. The highest BCUT2D eigenvalue weighted by molar-refractivity contribution is 7.26. The molecule has 0 N–H and O–H groups in total. The van der Waals surface area contributed by atoms with Crippen molar-refractivity contribution in [2.75, 3.05) is 4.90 Å². The lowest BCUT2D eigenvalue weighted by Gasteiger charge is -2.31. The fourth-order valence-electron chi connectivity index (χ4n) is 10.7. The van der Waals surface area contributed by atoms with Gasteiger partial charge in [-0.3, -0.25) is 0 Å². The van der Waals surface area contributed by atoms with Crippen LogP contribution in [-0.4, -0.2) is 0 Å².